The van der Waals surface area contributed by atoms with Crippen LogP contribution >= 0.6 is 0 Å². The summed E-state index contributed by atoms with van der Waals surface area (Å²) in [5.74, 6) is 0.537. The number of nitrogens with one attached hydrogen (secondary N) is 1. The topological polar surface area (TPSA) is 24.4 Å². The summed E-state index contributed by atoms with van der Waals surface area (Å²) in [5.41, 5.74) is 1.00. The molecule has 1 unspecified atom stereocenters. The van der Waals surface area contributed by atoms with E-state index >= 15 is 0 Å². The first-order valence-corrected chi connectivity index (χ1v) is 4.89. The Morgan fingerprint density at radius 2 is 2.46 bits per heavy atom. The van der Waals surface area contributed by atoms with Gasteiger partial charge in [0.05, 0.1) is 0 Å². The van der Waals surface area contributed by atoms with E-state index < -0.39 is 0 Å². The third-order valence-electron chi connectivity index (χ3n) is 2.29. The predicted octanol–water partition coefficient (Wildman–Crippen LogP) is 2.15. The van der Waals surface area contributed by atoms with E-state index in [1.54, 1.807) is 0 Å². The summed E-state index contributed by atoms with van der Waals surface area (Å²) in [6.45, 7) is 8.14. The fourth-order valence-electron chi connectivity index (χ4n) is 1.47. The van der Waals surface area contributed by atoms with Crippen molar-refractivity contribution in [2.75, 3.05) is 13.1 Å². The van der Waals surface area contributed by atoms with E-state index in [0.29, 0.717) is 5.92 Å². The van der Waals surface area contributed by atoms with Crippen molar-refractivity contribution in [2.24, 2.45) is 10.9 Å². The fraction of sp³-hybridized carbons (Fsp3) is 0.545. The molecule has 1 aliphatic heterocycles. The summed E-state index contributed by atoms with van der Waals surface area (Å²) < 4.78 is 0. The second-order valence-electron chi connectivity index (χ2n) is 3.34. The molecule has 72 valence electrons. The van der Waals surface area contributed by atoms with Gasteiger partial charge in [-0.3, -0.25) is 4.99 Å². The molecule has 0 aromatic carbocycles. The monoisotopic (exact) mass is 178 g/mol. The maximum Gasteiger partial charge on any atom is 0.0375 e. The van der Waals surface area contributed by atoms with Crippen LogP contribution in [0.4, 0.5) is 0 Å². The third-order valence-corrected chi connectivity index (χ3v) is 2.29. The smallest absolute Gasteiger partial charge is 0.0375 e. The second kappa shape index (κ2) is 5.70. The quantitative estimate of drug-likeness (QED) is 0.658. The van der Waals surface area contributed by atoms with E-state index in [2.05, 4.69) is 16.9 Å². The summed E-state index contributed by atoms with van der Waals surface area (Å²) in [4.78, 5) is 4.29. The van der Waals surface area contributed by atoms with Crippen LogP contribution in [0.1, 0.15) is 19.8 Å². The molecule has 0 amide bonds. The van der Waals surface area contributed by atoms with Crippen LogP contribution in [0.25, 0.3) is 0 Å². The molecule has 1 saturated heterocycles. The van der Waals surface area contributed by atoms with Gasteiger partial charge in [0.1, 0.15) is 0 Å². The fourth-order valence-corrected chi connectivity index (χ4v) is 1.47. The number of rotatable bonds is 3. The normalized spacial score (nSPS) is 24.2. The maximum absolute atomic E-state index is 4.29. The average molecular weight is 178 g/mol. The van der Waals surface area contributed by atoms with Gasteiger partial charge in [-0.25, -0.2) is 0 Å². The standard InChI is InChI=1S/C11H18N2/c1-3-4-8-13-10(2)11-6-5-7-12-9-11/h3-4,8,11-12H,2,5-7,9H2,1H3/b4-3-,13-8-. The molecule has 0 aliphatic carbocycles. The van der Waals surface area contributed by atoms with Gasteiger partial charge in [-0.1, -0.05) is 12.7 Å². The molecule has 1 atom stereocenters. The van der Waals surface area contributed by atoms with Gasteiger partial charge < -0.3 is 5.32 Å². The van der Waals surface area contributed by atoms with Crippen LogP contribution in [-0.4, -0.2) is 19.3 Å². The van der Waals surface area contributed by atoms with Crippen molar-refractivity contribution >= 4 is 6.21 Å². The summed E-state index contributed by atoms with van der Waals surface area (Å²) in [6, 6.07) is 0. The van der Waals surface area contributed by atoms with E-state index in [1.807, 2.05) is 25.3 Å². The molecule has 1 N–H and O–H groups in total. The van der Waals surface area contributed by atoms with Crippen LogP contribution in [0.3, 0.4) is 0 Å². The van der Waals surface area contributed by atoms with Gasteiger partial charge in [0.2, 0.25) is 0 Å². The minimum Gasteiger partial charge on any atom is -0.316 e. The first-order chi connectivity index (χ1) is 6.34. The summed E-state index contributed by atoms with van der Waals surface area (Å²) >= 11 is 0. The number of aliphatic imine (C=N–C) groups is 1. The zero-order valence-corrected chi connectivity index (χ0v) is 8.29. The lowest BCUT2D eigenvalue weighted by Crippen LogP contribution is -2.30. The van der Waals surface area contributed by atoms with Crippen molar-refractivity contribution in [1.29, 1.82) is 0 Å². The van der Waals surface area contributed by atoms with Crippen molar-refractivity contribution in [2.45, 2.75) is 19.8 Å². The van der Waals surface area contributed by atoms with Crippen molar-refractivity contribution in [3.8, 4) is 0 Å². The molecule has 0 bridgehead atoms. The van der Waals surface area contributed by atoms with Crippen LogP contribution in [0.15, 0.2) is 29.4 Å². The Morgan fingerprint density at radius 3 is 3.08 bits per heavy atom. The van der Waals surface area contributed by atoms with E-state index in [0.717, 1.165) is 18.8 Å². The van der Waals surface area contributed by atoms with Gasteiger partial charge in [0, 0.05) is 24.4 Å². The molecule has 0 spiro atoms. The Hall–Kier alpha value is -0.890. The van der Waals surface area contributed by atoms with Gasteiger partial charge in [-0.15, -0.1) is 0 Å². The lowest BCUT2D eigenvalue weighted by molar-refractivity contribution is 0.421. The molecule has 0 radical (unpaired) electrons. The molecule has 1 aliphatic rings. The van der Waals surface area contributed by atoms with Crippen LogP contribution in [0.5, 0.6) is 0 Å². The summed E-state index contributed by atoms with van der Waals surface area (Å²) in [6.07, 6.45) is 8.18. The lowest BCUT2D eigenvalue weighted by Gasteiger charge is -2.22. The van der Waals surface area contributed by atoms with Crippen molar-refractivity contribution in [3.05, 3.63) is 24.4 Å². The third kappa shape index (κ3) is 3.55. The zero-order valence-electron chi connectivity index (χ0n) is 8.29. The Balaban J connectivity index is 2.37. The highest BCUT2D eigenvalue weighted by atomic mass is 14.9. The summed E-state index contributed by atoms with van der Waals surface area (Å²) in [7, 11) is 0. The molecule has 2 heteroatoms. The number of allylic oxidation sites excluding steroid dienone is 2. The van der Waals surface area contributed by atoms with Gasteiger partial charge in [-0.2, -0.15) is 0 Å². The first-order valence-electron chi connectivity index (χ1n) is 4.89. The Kier molecular flexibility index (Phi) is 4.47. The Morgan fingerprint density at radius 1 is 1.62 bits per heavy atom. The van der Waals surface area contributed by atoms with Crippen LogP contribution < -0.4 is 5.32 Å². The molecular formula is C11H18N2. The molecule has 13 heavy (non-hydrogen) atoms. The molecule has 1 rings (SSSR count). The maximum atomic E-state index is 4.29. The van der Waals surface area contributed by atoms with Gasteiger partial charge in [0.15, 0.2) is 0 Å². The highest BCUT2D eigenvalue weighted by Gasteiger charge is 2.14. The Labute approximate surface area is 80.4 Å². The predicted molar refractivity (Wildman–Crippen MR) is 58.0 cm³/mol. The number of hydrogen-bond donors (Lipinski definition) is 1. The minimum atomic E-state index is 0.537. The van der Waals surface area contributed by atoms with E-state index in [1.165, 1.54) is 12.8 Å². The molecule has 0 aromatic heterocycles. The van der Waals surface area contributed by atoms with Crippen molar-refractivity contribution in [1.82, 2.24) is 5.32 Å². The number of piperidine rings is 1. The zero-order chi connectivity index (χ0) is 9.52. The van der Waals surface area contributed by atoms with Crippen LogP contribution in [0, 0.1) is 5.92 Å². The van der Waals surface area contributed by atoms with Gasteiger partial charge in [0.25, 0.3) is 0 Å². The first kappa shape index (κ1) is 10.2. The Bertz CT molecular complexity index is 210. The average Bonchev–Trinajstić information content (AvgIpc) is 2.19. The van der Waals surface area contributed by atoms with E-state index in [4.69, 9.17) is 0 Å². The highest BCUT2D eigenvalue weighted by Crippen LogP contribution is 2.18. The van der Waals surface area contributed by atoms with Crippen molar-refractivity contribution in [3.63, 3.8) is 0 Å². The van der Waals surface area contributed by atoms with Gasteiger partial charge in [-0.05, 0) is 32.4 Å². The van der Waals surface area contributed by atoms with Crippen LogP contribution in [-0.2, 0) is 0 Å². The molecule has 0 saturated carbocycles. The largest absolute Gasteiger partial charge is 0.316 e. The van der Waals surface area contributed by atoms with Crippen LogP contribution in [0.2, 0.25) is 0 Å². The minimum absolute atomic E-state index is 0.537. The molecule has 1 fully saturated rings. The SMILES string of the molecule is C=C(/N=C\C=C/C)C1CCCNC1. The highest BCUT2D eigenvalue weighted by molar-refractivity contribution is 5.71. The molecular weight excluding hydrogens is 160 g/mol. The van der Waals surface area contributed by atoms with Crippen molar-refractivity contribution < 1.29 is 0 Å². The number of hydrogen-bond acceptors (Lipinski definition) is 2. The molecule has 2 nitrogen and oxygen atoms in total. The lowest BCUT2D eigenvalue weighted by atomic mass is 9.97. The van der Waals surface area contributed by atoms with E-state index in [9.17, 15) is 0 Å². The molecule has 1 heterocycles. The van der Waals surface area contributed by atoms with Gasteiger partial charge >= 0.3 is 0 Å². The molecule has 0 aromatic rings. The number of nitrogens with zero attached hydrogens (tertiary/aromatic N) is 1. The van der Waals surface area contributed by atoms with E-state index in [-0.39, 0.29) is 0 Å². The second-order valence-corrected chi connectivity index (χ2v) is 3.34. The summed E-state index contributed by atoms with van der Waals surface area (Å²) in [5, 5.41) is 3.35.